The first kappa shape index (κ1) is 15.9. The largest absolute Gasteiger partial charge is 0.452 e. The molecule has 5 nitrogen and oxygen atoms in total. The van der Waals surface area contributed by atoms with Crippen molar-refractivity contribution in [1.29, 1.82) is 0 Å². The van der Waals surface area contributed by atoms with Crippen LogP contribution in [0.2, 0.25) is 0 Å². The maximum absolute atomic E-state index is 12.7. The maximum Gasteiger partial charge on any atom is 0.314 e. The van der Waals surface area contributed by atoms with Crippen LogP contribution in [0.15, 0.2) is 54.4 Å². The highest BCUT2D eigenvalue weighted by molar-refractivity contribution is 6.15. The fourth-order valence-electron chi connectivity index (χ4n) is 3.38. The normalized spacial score (nSPS) is 17.2. The van der Waals surface area contributed by atoms with E-state index in [4.69, 9.17) is 9.47 Å². The quantitative estimate of drug-likeness (QED) is 0.401. The first-order valence-corrected chi connectivity index (χ1v) is 8.94. The molecule has 0 amide bonds. The molecule has 0 radical (unpaired) electrons. The van der Waals surface area contributed by atoms with Crippen LogP contribution in [0.25, 0.3) is 17.0 Å². The van der Waals surface area contributed by atoms with Crippen LogP contribution >= 0.6 is 0 Å². The van der Waals surface area contributed by atoms with Crippen LogP contribution in [-0.2, 0) is 11.8 Å². The lowest BCUT2D eigenvalue weighted by Crippen LogP contribution is -2.09. The molecular formula is C22H17NO4. The Morgan fingerprint density at radius 1 is 1.22 bits per heavy atom. The van der Waals surface area contributed by atoms with E-state index < -0.39 is 0 Å². The summed E-state index contributed by atoms with van der Waals surface area (Å²) in [6.07, 6.45) is 5.51. The standard InChI is InChI=1S/C22H17NO4/c1-23-12-14(16-4-2-3-5-18(16)23)10-20-21(24)17-9-8-15(11-19(17)27-20)26-22(25)13-6-7-13/h2-5,8-13H,6-7H2,1H3/b20-10+. The van der Waals surface area contributed by atoms with Crippen LogP contribution in [0.5, 0.6) is 11.5 Å². The van der Waals surface area contributed by atoms with Crippen molar-refractivity contribution in [3.05, 3.63) is 65.5 Å². The second kappa shape index (κ2) is 5.84. The molecule has 134 valence electrons. The lowest BCUT2D eigenvalue weighted by atomic mass is 10.1. The molecule has 0 spiro atoms. The molecule has 1 saturated carbocycles. The Kier molecular flexibility index (Phi) is 3.44. The average Bonchev–Trinajstić information content (AvgIpc) is 3.42. The van der Waals surface area contributed by atoms with Gasteiger partial charge >= 0.3 is 5.97 Å². The lowest BCUT2D eigenvalue weighted by molar-refractivity contribution is -0.135. The summed E-state index contributed by atoms with van der Waals surface area (Å²) in [6.45, 7) is 0. The summed E-state index contributed by atoms with van der Waals surface area (Å²) in [7, 11) is 1.97. The number of ketones is 1. The van der Waals surface area contributed by atoms with Gasteiger partial charge in [0.2, 0.25) is 5.78 Å². The van der Waals surface area contributed by atoms with E-state index in [2.05, 4.69) is 0 Å². The molecule has 5 rings (SSSR count). The molecule has 2 heterocycles. The molecule has 5 heteroatoms. The highest BCUT2D eigenvalue weighted by Crippen LogP contribution is 2.37. The molecule has 0 atom stereocenters. The van der Waals surface area contributed by atoms with Gasteiger partial charge in [-0.2, -0.15) is 0 Å². The van der Waals surface area contributed by atoms with E-state index in [1.165, 1.54) is 0 Å². The van der Waals surface area contributed by atoms with Crippen molar-refractivity contribution >= 4 is 28.7 Å². The van der Waals surface area contributed by atoms with Gasteiger partial charge in [-0.3, -0.25) is 9.59 Å². The number of hydrogen-bond acceptors (Lipinski definition) is 4. The number of benzene rings is 2. The molecule has 0 saturated heterocycles. The highest BCUT2D eigenvalue weighted by atomic mass is 16.5. The summed E-state index contributed by atoms with van der Waals surface area (Å²) in [4.78, 5) is 24.5. The van der Waals surface area contributed by atoms with Gasteiger partial charge in [-0.25, -0.2) is 0 Å². The highest BCUT2D eigenvalue weighted by Gasteiger charge is 2.33. The number of carbonyl (C=O) groups is 2. The van der Waals surface area contributed by atoms with Crippen LogP contribution in [-0.4, -0.2) is 16.3 Å². The number of ether oxygens (including phenoxy) is 2. The van der Waals surface area contributed by atoms with Gasteiger partial charge in [-0.05, 0) is 37.1 Å². The molecule has 1 aliphatic heterocycles. The number of fused-ring (bicyclic) bond motifs is 2. The molecule has 3 aromatic rings. The molecular weight excluding hydrogens is 342 g/mol. The van der Waals surface area contributed by atoms with Crippen LogP contribution in [0.1, 0.15) is 28.8 Å². The summed E-state index contributed by atoms with van der Waals surface area (Å²) in [5, 5.41) is 1.05. The number of carbonyl (C=O) groups excluding carboxylic acids is 2. The zero-order valence-electron chi connectivity index (χ0n) is 14.8. The minimum absolute atomic E-state index is 0.0163. The lowest BCUT2D eigenvalue weighted by Gasteiger charge is -2.04. The third-order valence-electron chi connectivity index (χ3n) is 4.98. The third-order valence-corrected chi connectivity index (χ3v) is 4.98. The molecule has 2 aliphatic rings. The topological polar surface area (TPSA) is 57.5 Å². The number of rotatable bonds is 3. The van der Waals surface area contributed by atoms with Gasteiger partial charge in [0.25, 0.3) is 0 Å². The number of esters is 1. The minimum Gasteiger partial charge on any atom is -0.452 e. The van der Waals surface area contributed by atoms with Gasteiger partial charge in [-0.15, -0.1) is 0 Å². The Balaban J connectivity index is 1.46. The zero-order chi connectivity index (χ0) is 18.5. The van der Waals surface area contributed by atoms with E-state index in [0.717, 1.165) is 29.3 Å². The van der Waals surface area contributed by atoms with E-state index >= 15 is 0 Å². The van der Waals surface area contributed by atoms with Crippen LogP contribution < -0.4 is 9.47 Å². The number of nitrogens with zero attached hydrogens (tertiary/aromatic N) is 1. The van der Waals surface area contributed by atoms with Gasteiger partial charge < -0.3 is 14.0 Å². The molecule has 0 bridgehead atoms. The Morgan fingerprint density at radius 2 is 2.04 bits per heavy atom. The number of allylic oxidation sites excluding steroid dienone is 1. The summed E-state index contributed by atoms with van der Waals surface area (Å²) in [5.41, 5.74) is 2.49. The Hall–Kier alpha value is -3.34. The molecule has 1 aromatic heterocycles. The monoisotopic (exact) mass is 359 g/mol. The summed E-state index contributed by atoms with van der Waals surface area (Å²) < 4.78 is 13.2. The molecule has 27 heavy (non-hydrogen) atoms. The fourth-order valence-corrected chi connectivity index (χ4v) is 3.38. The van der Waals surface area contributed by atoms with Crippen molar-refractivity contribution in [2.75, 3.05) is 0 Å². The van der Waals surface area contributed by atoms with E-state index in [1.807, 2.05) is 42.1 Å². The molecule has 2 aromatic carbocycles. The fraction of sp³-hybridized carbons (Fsp3) is 0.182. The van der Waals surface area contributed by atoms with Crippen molar-refractivity contribution < 1.29 is 19.1 Å². The van der Waals surface area contributed by atoms with Crippen molar-refractivity contribution in [2.24, 2.45) is 13.0 Å². The third kappa shape index (κ3) is 2.72. The van der Waals surface area contributed by atoms with Gasteiger partial charge in [0.05, 0.1) is 11.5 Å². The number of aryl methyl sites for hydroxylation is 1. The SMILES string of the molecule is Cn1cc(/C=C2/Oc3cc(OC(=O)C4CC4)ccc3C2=O)c2ccccc21. The van der Waals surface area contributed by atoms with Crippen LogP contribution in [0.4, 0.5) is 0 Å². The summed E-state index contributed by atoms with van der Waals surface area (Å²) in [6, 6.07) is 12.9. The Labute approximate surface area is 155 Å². The van der Waals surface area contributed by atoms with Gasteiger partial charge in [0.1, 0.15) is 11.5 Å². The Morgan fingerprint density at radius 3 is 2.85 bits per heavy atom. The molecule has 0 unspecified atom stereocenters. The summed E-state index contributed by atoms with van der Waals surface area (Å²) >= 11 is 0. The summed E-state index contributed by atoms with van der Waals surface area (Å²) in [5.74, 6) is 0.732. The predicted octanol–water partition coefficient (Wildman–Crippen LogP) is 4.11. The number of aromatic nitrogens is 1. The molecule has 0 N–H and O–H groups in total. The van der Waals surface area contributed by atoms with Crippen LogP contribution in [0.3, 0.4) is 0 Å². The van der Waals surface area contributed by atoms with Crippen molar-refractivity contribution in [3.8, 4) is 11.5 Å². The van der Waals surface area contributed by atoms with E-state index in [1.54, 1.807) is 24.3 Å². The molecule has 1 fully saturated rings. The van der Waals surface area contributed by atoms with Crippen LogP contribution in [0, 0.1) is 5.92 Å². The van der Waals surface area contributed by atoms with Crippen molar-refractivity contribution in [2.45, 2.75) is 12.8 Å². The number of para-hydroxylation sites is 1. The second-order valence-electron chi connectivity index (χ2n) is 7.01. The second-order valence-corrected chi connectivity index (χ2v) is 7.01. The van der Waals surface area contributed by atoms with E-state index in [9.17, 15) is 9.59 Å². The van der Waals surface area contributed by atoms with E-state index in [0.29, 0.717) is 17.1 Å². The first-order chi connectivity index (χ1) is 13.1. The van der Waals surface area contributed by atoms with Gasteiger partial charge in [0, 0.05) is 35.8 Å². The van der Waals surface area contributed by atoms with Crippen molar-refractivity contribution in [3.63, 3.8) is 0 Å². The van der Waals surface area contributed by atoms with Gasteiger partial charge in [0.15, 0.2) is 5.76 Å². The first-order valence-electron chi connectivity index (χ1n) is 8.94. The minimum atomic E-state index is -0.217. The average molecular weight is 359 g/mol. The Bertz CT molecular complexity index is 1130. The zero-order valence-corrected chi connectivity index (χ0v) is 14.8. The number of Topliss-reactive ketones (excluding diaryl/α,β-unsaturated/α-hetero) is 1. The predicted molar refractivity (Wildman–Crippen MR) is 101 cm³/mol. The molecule has 1 aliphatic carbocycles. The van der Waals surface area contributed by atoms with Crippen molar-refractivity contribution in [1.82, 2.24) is 4.57 Å². The number of hydrogen-bond donors (Lipinski definition) is 0. The smallest absolute Gasteiger partial charge is 0.314 e. The van der Waals surface area contributed by atoms with Gasteiger partial charge in [-0.1, -0.05) is 18.2 Å². The maximum atomic E-state index is 12.7. The van der Waals surface area contributed by atoms with E-state index in [-0.39, 0.29) is 23.4 Å².